The Labute approximate surface area is 361 Å². The zero-order chi connectivity index (χ0) is 47.6. The van der Waals surface area contributed by atoms with E-state index in [0.717, 1.165) is 0 Å². The molecule has 8 heterocycles. The number of hydrogen-bond acceptors (Lipinski definition) is 22. The summed E-state index contributed by atoms with van der Waals surface area (Å²) in [6.45, 7) is 2.01. The predicted octanol–water partition coefficient (Wildman–Crippen LogP) is -0.232. The van der Waals surface area contributed by atoms with Crippen LogP contribution in [0.4, 0.5) is 11.9 Å². The monoisotopic (exact) mass is 1040 g/mol. The van der Waals surface area contributed by atoms with Crippen molar-refractivity contribution in [2.24, 2.45) is 5.92 Å². The van der Waals surface area contributed by atoms with E-state index in [1.807, 2.05) is 0 Å². The Morgan fingerprint density at radius 1 is 0.754 bits per heavy atom. The van der Waals surface area contributed by atoms with E-state index in [2.05, 4.69) is 35.2 Å². The zero-order valence-electron chi connectivity index (χ0n) is 32.7. The van der Waals surface area contributed by atoms with Gasteiger partial charge in [0.05, 0.1) is 25.9 Å². The first kappa shape index (κ1) is 49.4. The van der Waals surface area contributed by atoms with E-state index in [4.69, 9.17) is 61.9 Å². The van der Waals surface area contributed by atoms with Crippen LogP contribution in [0.2, 0.25) is 0 Å². The minimum Gasteiger partial charge on any atom is -0.369 e. The Bertz CT molecular complexity index is 2860. The van der Waals surface area contributed by atoms with Crippen molar-refractivity contribution in [3.8, 4) is 0 Å². The summed E-state index contributed by atoms with van der Waals surface area (Å²) >= 11 is 0. The molecule has 4 aromatic heterocycles. The van der Waals surface area contributed by atoms with E-state index in [1.165, 1.54) is 21.8 Å². The van der Waals surface area contributed by atoms with E-state index in [0.29, 0.717) is 0 Å². The first-order valence-electron chi connectivity index (χ1n) is 18.1. The fourth-order valence-electron chi connectivity index (χ4n) is 6.55. The van der Waals surface area contributed by atoms with Crippen molar-refractivity contribution in [2.45, 2.75) is 62.9 Å². The third-order valence-electron chi connectivity index (χ3n) is 9.21. The Morgan fingerprint density at radius 2 is 1.17 bits per heavy atom. The number of aromatic amines is 2. The number of hydrogen-bond donors (Lipinski definition) is 10. The van der Waals surface area contributed by atoms with Gasteiger partial charge in [-0.25, -0.2) is 9.97 Å². The number of imidazole rings is 2. The average Bonchev–Trinajstić information content (AvgIpc) is 4.01. The van der Waals surface area contributed by atoms with Gasteiger partial charge in [0.25, 0.3) is 11.1 Å². The maximum Gasteiger partial charge on any atom is 0.698 e. The zero-order valence-corrected chi connectivity index (χ0v) is 38.1. The predicted molar refractivity (Wildman–Crippen MR) is 212 cm³/mol. The quantitative estimate of drug-likeness (QED) is 0.0729. The molecule has 0 spiro atoms. The summed E-state index contributed by atoms with van der Waals surface area (Å²) in [4.78, 5) is 112. The number of aromatic nitrogens is 8. The number of rotatable bonds is 14. The first-order valence-corrected chi connectivity index (χ1v) is 27.4. The number of nitrogens with zero attached hydrogens (tertiary/aromatic N) is 6. The summed E-state index contributed by atoms with van der Waals surface area (Å²) in [5.41, 5.74) is 4.19. The van der Waals surface area contributed by atoms with Crippen molar-refractivity contribution in [1.29, 1.82) is 0 Å². The van der Waals surface area contributed by atoms with E-state index in [-0.39, 0.29) is 34.2 Å². The van der Waals surface area contributed by atoms with Crippen molar-refractivity contribution in [3.63, 3.8) is 0 Å². The van der Waals surface area contributed by atoms with Gasteiger partial charge >= 0.3 is 46.9 Å². The number of nitrogens with two attached hydrogens (primary N) is 1. The number of amides is 1. The van der Waals surface area contributed by atoms with Gasteiger partial charge in [-0.05, 0) is 0 Å². The highest BCUT2D eigenvalue weighted by atomic mass is 31.2. The van der Waals surface area contributed by atoms with Gasteiger partial charge in [0.1, 0.15) is 12.2 Å². The van der Waals surface area contributed by atoms with Crippen molar-refractivity contribution in [2.75, 3.05) is 36.1 Å². The smallest absolute Gasteiger partial charge is 0.369 e. The number of nitrogen functional groups attached to an aromatic ring is 1. The Balaban J connectivity index is 0.000000196. The van der Waals surface area contributed by atoms with Gasteiger partial charge in [0.15, 0.2) is 71.0 Å². The highest BCUT2D eigenvalue weighted by Crippen LogP contribution is 2.58. The van der Waals surface area contributed by atoms with Crippen molar-refractivity contribution >= 4 is 87.0 Å². The molecule has 4 aliphatic rings. The van der Waals surface area contributed by atoms with Gasteiger partial charge in [-0.1, -0.05) is 13.8 Å². The molecule has 0 aliphatic carbocycles. The van der Waals surface area contributed by atoms with Crippen LogP contribution in [-0.2, 0) is 68.8 Å². The SMILES string of the molecule is CC(C)C(=O)Nc1nc2c(ncn2[C@@H]2O[C@H](COP(=O)(O)CP(=O)(O)O)C3O[P+](=O)OC32)c(=O)[nH]1.Nc1nc2c(ncn2[C@@H]2O[C@H](COP(=O)(O)CP(=O)(O)O)C3O[P+](=O)OC32)c(=O)[nH]1. The Morgan fingerprint density at radius 3 is 1.60 bits per heavy atom. The van der Waals surface area contributed by atoms with Crippen LogP contribution >= 0.6 is 46.9 Å². The van der Waals surface area contributed by atoms with Crippen LogP contribution in [0.5, 0.6) is 0 Å². The molecular weight excluding hydrogens is 1010 g/mol. The number of H-pyrrole nitrogens is 2. The van der Waals surface area contributed by atoms with E-state index >= 15 is 0 Å². The molecule has 11 N–H and O–H groups in total. The summed E-state index contributed by atoms with van der Waals surface area (Å²) in [6.07, 6.45) is -6.13. The summed E-state index contributed by atoms with van der Waals surface area (Å²) in [6, 6.07) is 0. The van der Waals surface area contributed by atoms with Gasteiger partial charge in [-0.15, -0.1) is 18.1 Å². The number of nitrogens with one attached hydrogen (secondary N) is 3. The molecule has 39 heteroatoms. The third kappa shape index (κ3) is 11.5. The molecule has 0 aromatic carbocycles. The molecule has 4 aromatic rings. The van der Waals surface area contributed by atoms with Crippen LogP contribution in [0.25, 0.3) is 22.3 Å². The molecule has 4 saturated heterocycles. The molecule has 8 unspecified atom stereocenters. The molecule has 0 radical (unpaired) electrons. The lowest BCUT2D eigenvalue weighted by atomic mass is 10.1. The molecule has 4 aliphatic heterocycles. The second-order valence-electron chi connectivity index (χ2n) is 14.5. The van der Waals surface area contributed by atoms with E-state index in [1.54, 1.807) is 13.8 Å². The highest BCUT2D eigenvalue weighted by Gasteiger charge is 2.63. The van der Waals surface area contributed by atoms with Gasteiger partial charge in [0.2, 0.25) is 17.8 Å². The van der Waals surface area contributed by atoms with Crippen molar-refractivity contribution in [3.05, 3.63) is 33.4 Å². The van der Waals surface area contributed by atoms with Gasteiger partial charge < -0.3 is 53.6 Å². The van der Waals surface area contributed by atoms with Crippen LogP contribution in [0.1, 0.15) is 26.3 Å². The molecule has 12 atom stereocenters. The summed E-state index contributed by atoms with van der Waals surface area (Å²) in [7, 11) is -24.1. The minimum atomic E-state index is -4.85. The van der Waals surface area contributed by atoms with Crippen LogP contribution in [-0.4, -0.2) is 136 Å². The molecule has 0 saturated carbocycles. The lowest BCUT2D eigenvalue weighted by Gasteiger charge is -2.18. The van der Waals surface area contributed by atoms with Crippen LogP contribution < -0.4 is 22.2 Å². The topological polar surface area (TPSA) is 480 Å². The number of carbonyl (C=O) groups is 1. The van der Waals surface area contributed by atoms with E-state index in [9.17, 15) is 51.6 Å². The normalized spacial score (nSPS) is 28.5. The fraction of sp³-hybridized carbons (Fsp3) is 0.577. The van der Waals surface area contributed by atoms with Crippen molar-refractivity contribution in [1.82, 2.24) is 39.0 Å². The molecule has 1 amide bonds. The summed E-state index contributed by atoms with van der Waals surface area (Å²) in [5.74, 6) is -3.91. The van der Waals surface area contributed by atoms with Crippen LogP contribution in [0.15, 0.2) is 22.2 Å². The van der Waals surface area contributed by atoms with Crippen LogP contribution in [0.3, 0.4) is 0 Å². The highest BCUT2D eigenvalue weighted by molar-refractivity contribution is 7.70. The molecule has 0 bridgehead atoms. The average molecular weight is 1040 g/mol. The van der Waals surface area contributed by atoms with Gasteiger partial charge in [0, 0.05) is 15.0 Å². The molecular formula is C26H36N10O23P6+2. The lowest BCUT2D eigenvalue weighted by Crippen LogP contribution is -2.31. The molecule has 4 fully saturated rings. The number of ether oxygens (including phenoxy) is 2. The minimum absolute atomic E-state index is 0.0156. The summed E-state index contributed by atoms with van der Waals surface area (Å²) < 4.78 is 114. The molecule has 356 valence electrons. The van der Waals surface area contributed by atoms with Crippen molar-refractivity contribution < 1.29 is 98.2 Å². The van der Waals surface area contributed by atoms with Gasteiger partial charge in [-0.2, -0.15) is 9.97 Å². The van der Waals surface area contributed by atoms with Crippen LogP contribution in [0, 0.1) is 5.92 Å². The molecule has 65 heavy (non-hydrogen) atoms. The second kappa shape index (κ2) is 18.6. The fourth-order valence-corrected chi connectivity index (χ4v) is 13.5. The van der Waals surface area contributed by atoms with Gasteiger partial charge in [-0.3, -0.25) is 57.1 Å². The Kier molecular flexibility index (Phi) is 14.1. The third-order valence-corrected chi connectivity index (χ3v) is 17.8. The second-order valence-corrected chi connectivity index (χ2v) is 24.2. The maximum atomic E-state index is 12.4. The lowest BCUT2D eigenvalue weighted by molar-refractivity contribution is -0.118. The number of fused-ring (bicyclic) bond motifs is 4. The standard InChI is InChI=1S/C15H20N5O12P3.C11H14N5O11P3/c1-6(2)12(21)18-15-17-11-8(13(22)19-15)16-4-20(11)14-10-9(31-33(23)32-10)7(30-14)3-29-35(27,28)5-34(24,25)26;12-11-14-8-5(9(17)15-11)13-2-16(8)10-7-6(26-28(18)27-7)4(25-10)1-24-30(22,23)3-29(19,20)21/h4,6-7,9-10,14H,3,5H2,1-2H3,(H4-,17,18,19,21,22,24,25,26,27,28);2,4,6-7,10H,1,3H2,(H5-,12,14,15,17,19,20,21,22,23)/p+2/t7-,9?,10?,14-;4-,6?,7?,10-/m11/s1. The largest absolute Gasteiger partial charge is 0.698 e. The number of carbonyl (C=O) groups excluding carboxylic acids is 1. The summed E-state index contributed by atoms with van der Waals surface area (Å²) in [5, 5.41) is 2.47. The molecule has 8 rings (SSSR count). The maximum absolute atomic E-state index is 12.4. The molecule has 33 nitrogen and oxygen atoms in total. The first-order chi connectivity index (χ1) is 30.2. The number of anilines is 2. The Hall–Kier alpha value is -3.47. The van der Waals surface area contributed by atoms with E-state index < -0.39 is 144 Å².